The topological polar surface area (TPSA) is 69.9 Å². The Morgan fingerprint density at radius 1 is 1.19 bits per heavy atom. The van der Waals surface area contributed by atoms with Crippen LogP contribution in [0.25, 0.3) is 0 Å². The molecule has 2 fully saturated rings. The second-order valence-corrected chi connectivity index (χ2v) is 6.55. The number of amides is 2. The van der Waals surface area contributed by atoms with E-state index in [2.05, 4.69) is 23.8 Å². The molecule has 120 valence electrons. The standard InChI is InChI=1S/C15H28N4O2/c1-11-9-17(3)7-8-19(11)12(2)15(21)18-6-4-5-13(10-18)14(16)20/h11-13H,4-10H2,1-3H3,(H2,16,20)/t11-,12+,13-/m1/s1. The number of carbonyl (C=O) groups is 2. The Balaban J connectivity index is 1.97. The molecule has 2 saturated heterocycles. The van der Waals surface area contributed by atoms with Gasteiger partial charge in [-0.05, 0) is 33.7 Å². The zero-order chi connectivity index (χ0) is 15.6. The summed E-state index contributed by atoms with van der Waals surface area (Å²) >= 11 is 0. The van der Waals surface area contributed by atoms with E-state index < -0.39 is 0 Å². The molecule has 2 N–H and O–H groups in total. The Morgan fingerprint density at radius 3 is 2.52 bits per heavy atom. The highest BCUT2D eigenvalue weighted by Gasteiger charge is 2.34. The van der Waals surface area contributed by atoms with Crippen LogP contribution in [0.5, 0.6) is 0 Å². The van der Waals surface area contributed by atoms with Crippen LogP contribution in [0.2, 0.25) is 0 Å². The molecule has 0 bridgehead atoms. The van der Waals surface area contributed by atoms with Crippen molar-refractivity contribution in [3.8, 4) is 0 Å². The highest BCUT2D eigenvalue weighted by atomic mass is 16.2. The fourth-order valence-corrected chi connectivity index (χ4v) is 3.54. The van der Waals surface area contributed by atoms with Gasteiger partial charge in [0.25, 0.3) is 0 Å². The quantitative estimate of drug-likeness (QED) is 0.779. The monoisotopic (exact) mass is 296 g/mol. The molecule has 2 aliphatic rings. The zero-order valence-corrected chi connectivity index (χ0v) is 13.4. The van der Waals surface area contributed by atoms with Crippen LogP contribution in [-0.4, -0.2) is 78.4 Å². The zero-order valence-electron chi connectivity index (χ0n) is 13.4. The van der Waals surface area contributed by atoms with E-state index in [1.54, 1.807) is 0 Å². The van der Waals surface area contributed by atoms with Crippen LogP contribution in [-0.2, 0) is 9.59 Å². The SMILES string of the molecule is C[C@@H]1CN(C)CCN1[C@@H](C)C(=O)N1CCC[C@@H](C(N)=O)C1. The number of nitrogens with two attached hydrogens (primary N) is 1. The first-order valence-corrected chi connectivity index (χ1v) is 7.92. The van der Waals surface area contributed by atoms with E-state index >= 15 is 0 Å². The number of rotatable bonds is 3. The molecule has 2 heterocycles. The van der Waals surface area contributed by atoms with E-state index in [4.69, 9.17) is 5.73 Å². The third kappa shape index (κ3) is 3.74. The predicted molar refractivity (Wildman–Crippen MR) is 81.6 cm³/mol. The molecule has 2 rings (SSSR count). The summed E-state index contributed by atoms with van der Waals surface area (Å²) in [6.45, 7) is 8.28. The molecule has 6 nitrogen and oxygen atoms in total. The van der Waals surface area contributed by atoms with Crippen LogP contribution in [0.15, 0.2) is 0 Å². The summed E-state index contributed by atoms with van der Waals surface area (Å²) in [6, 6.07) is 0.250. The summed E-state index contributed by atoms with van der Waals surface area (Å²) in [4.78, 5) is 30.5. The number of carbonyl (C=O) groups excluding carboxylic acids is 2. The molecular weight excluding hydrogens is 268 g/mol. The van der Waals surface area contributed by atoms with Gasteiger partial charge in [-0.1, -0.05) is 0 Å². The normalized spacial score (nSPS) is 30.1. The van der Waals surface area contributed by atoms with Crippen LogP contribution < -0.4 is 5.73 Å². The van der Waals surface area contributed by atoms with Crippen molar-refractivity contribution < 1.29 is 9.59 Å². The van der Waals surface area contributed by atoms with E-state index in [-0.39, 0.29) is 23.8 Å². The lowest BCUT2D eigenvalue weighted by Gasteiger charge is -2.43. The average Bonchev–Trinajstić information content (AvgIpc) is 2.46. The van der Waals surface area contributed by atoms with Gasteiger partial charge in [-0.25, -0.2) is 0 Å². The van der Waals surface area contributed by atoms with Crippen LogP contribution in [0, 0.1) is 5.92 Å². The van der Waals surface area contributed by atoms with Crippen molar-refractivity contribution in [1.82, 2.24) is 14.7 Å². The first-order chi connectivity index (χ1) is 9.90. The average molecular weight is 296 g/mol. The highest BCUT2D eigenvalue weighted by Crippen LogP contribution is 2.19. The first-order valence-electron chi connectivity index (χ1n) is 7.92. The Morgan fingerprint density at radius 2 is 1.90 bits per heavy atom. The number of hydrogen-bond acceptors (Lipinski definition) is 4. The predicted octanol–water partition coefficient (Wildman–Crippen LogP) is -0.265. The lowest BCUT2D eigenvalue weighted by molar-refractivity contribution is -0.141. The first kappa shape index (κ1) is 16.2. The van der Waals surface area contributed by atoms with Crippen molar-refractivity contribution >= 4 is 11.8 Å². The fraction of sp³-hybridized carbons (Fsp3) is 0.867. The lowest BCUT2D eigenvalue weighted by Crippen LogP contribution is -2.58. The van der Waals surface area contributed by atoms with Gasteiger partial charge in [0.2, 0.25) is 11.8 Å². The van der Waals surface area contributed by atoms with Gasteiger partial charge in [0.05, 0.1) is 12.0 Å². The molecular formula is C15H28N4O2. The minimum atomic E-state index is -0.284. The Kier molecular flexibility index (Phi) is 5.22. The summed E-state index contributed by atoms with van der Waals surface area (Å²) in [5.74, 6) is -0.328. The minimum absolute atomic E-state index is 0.125. The van der Waals surface area contributed by atoms with Gasteiger partial charge in [-0.2, -0.15) is 0 Å². The smallest absolute Gasteiger partial charge is 0.239 e. The van der Waals surface area contributed by atoms with Crippen LogP contribution >= 0.6 is 0 Å². The van der Waals surface area contributed by atoms with E-state index in [1.165, 1.54) is 0 Å². The summed E-state index contributed by atoms with van der Waals surface area (Å²) in [5.41, 5.74) is 5.39. The van der Waals surface area contributed by atoms with Crippen molar-refractivity contribution in [2.24, 2.45) is 11.7 Å². The van der Waals surface area contributed by atoms with Gasteiger partial charge in [0.1, 0.15) is 0 Å². The number of nitrogens with zero attached hydrogens (tertiary/aromatic N) is 3. The highest BCUT2D eigenvalue weighted by molar-refractivity contribution is 5.83. The molecule has 0 aromatic heterocycles. The summed E-state index contributed by atoms with van der Waals surface area (Å²) in [7, 11) is 2.11. The van der Waals surface area contributed by atoms with Crippen LogP contribution in [0.3, 0.4) is 0 Å². The maximum Gasteiger partial charge on any atom is 0.239 e. The molecule has 2 amide bonds. The largest absolute Gasteiger partial charge is 0.369 e. The van der Waals surface area contributed by atoms with Crippen molar-refractivity contribution in [1.29, 1.82) is 0 Å². The summed E-state index contributed by atoms with van der Waals surface area (Å²) < 4.78 is 0. The molecule has 6 heteroatoms. The molecule has 2 aliphatic heterocycles. The number of likely N-dealkylation sites (N-methyl/N-ethyl adjacent to an activating group) is 1. The van der Waals surface area contributed by atoms with E-state index in [0.29, 0.717) is 12.6 Å². The minimum Gasteiger partial charge on any atom is -0.369 e. The van der Waals surface area contributed by atoms with Gasteiger partial charge >= 0.3 is 0 Å². The van der Waals surface area contributed by atoms with E-state index in [9.17, 15) is 9.59 Å². The Labute approximate surface area is 127 Å². The van der Waals surface area contributed by atoms with Gasteiger partial charge in [-0.3, -0.25) is 14.5 Å². The van der Waals surface area contributed by atoms with Crippen LogP contribution in [0.1, 0.15) is 26.7 Å². The van der Waals surface area contributed by atoms with Crippen molar-refractivity contribution in [3.63, 3.8) is 0 Å². The lowest BCUT2D eigenvalue weighted by atomic mass is 9.96. The Hall–Kier alpha value is -1.14. The van der Waals surface area contributed by atoms with Crippen LogP contribution in [0.4, 0.5) is 0 Å². The number of hydrogen-bond donors (Lipinski definition) is 1. The third-order valence-corrected chi connectivity index (χ3v) is 4.87. The number of likely N-dealkylation sites (tertiary alicyclic amines) is 1. The molecule has 0 aliphatic carbocycles. The molecule has 0 spiro atoms. The molecule has 0 aromatic rings. The second kappa shape index (κ2) is 6.75. The number of piperazine rings is 1. The summed E-state index contributed by atoms with van der Waals surface area (Å²) in [5, 5.41) is 0. The second-order valence-electron chi connectivity index (χ2n) is 6.55. The molecule has 0 saturated carbocycles. The van der Waals surface area contributed by atoms with Gasteiger partial charge in [0.15, 0.2) is 0 Å². The van der Waals surface area contributed by atoms with Gasteiger partial charge in [0, 0.05) is 38.8 Å². The Bertz CT molecular complexity index is 401. The molecule has 0 unspecified atom stereocenters. The number of primary amides is 1. The van der Waals surface area contributed by atoms with E-state index in [0.717, 1.165) is 39.0 Å². The van der Waals surface area contributed by atoms with Gasteiger partial charge < -0.3 is 15.5 Å². The van der Waals surface area contributed by atoms with E-state index in [1.807, 2.05) is 11.8 Å². The summed E-state index contributed by atoms with van der Waals surface area (Å²) in [6.07, 6.45) is 1.67. The van der Waals surface area contributed by atoms with Gasteiger partial charge in [-0.15, -0.1) is 0 Å². The van der Waals surface area contributed by atoms with Crippen molar-refractivity contribution in [2.75, 3.05) is 39.8 Å². The maximum atomic E-state index is 12.7. The van der Waals surface area contributed by atoms with Crippen molar-refractivity contribution in [3.05, 3.63) is 0 Å². The fourth-order valence-electron chi connectivity index (χ4n) is 3.54. The molecule has 21 heavy (non-hydrogen) atoms. The molecule has 3 atom stereocenters. The third-order valence-electron chi connectivity index (χ3n) is 4.87. The number of piperidine rings is 1. The molecule has 0 aromatic carbocycles. The molecule has 0 radical (unpaired) electrons. The van der Waals surface area contributed by atoms with Crippen molar-refractivity contribution in [2.45, 2.75) is 38.8 Å². The maximum absolute atomic E-state index is 12.7.